The molecular formula is C23H26N4O3. The number of hydrogen-bond donors (Lipinski definition) is 1. The van der Waals surface area contributed by atoms with Crippen molar-refractivity contribution >= 4 is 23.0 Å². The number of nitrogens with one attached hydrogen (secondary N) is 1. The number of piperazine rings is 1. The third kappa shape index (κ3) is 3.75. The Morgan fingerprint density at radius 3 is 2.73 bits per heavy atom. The van der Waals surface area contributed by atoms with Crippen LogP contribution in [0.15, 0.2) is 55.1 Å². The van der Waals surface area contributed by atoms with Crippen molar-refractivity contribution in [2.24, 2.45) is 5.92 Å². The fourth-order valence-electron chi connectivity index (χ4n) is 4.52. The lowest BCUT2D eigenvalue weighted by Crippen LogP contribution is -2.61. The van der Waals surface area contributed by atoms with E-state index in [1.165, 1.54) is 5.56 Å². The van der Waals surface area contributed by atoms with E-state index in [1.54, 1.807) is 18.2 Å². The van der Waals surface area contributed by atoms with E-state index in [-0.39, 0.29) is 28.5 Å². The van der Waals surface area contributed by atoms with Crippen LogP contribution in [-0.2, 0) is 11.2 Å². The second-order valence-corrected chi connectivity index (χ2v) is 7.96. The highest BCUT2D eigenvalue weighted by Gasteiger charge is 2.42. The van der Waals surface area contributed by atoms with E-state index in [2.05, 4.69) is 52.9 Å². The summed E-state index contributed by atoms with van der Waals surface area (Å²) in [5, 5.41) is 14.2. The van der Waals surface area contributed by atoms with Crippen LogP contribution in [0.25, 0.3) is 0 Å². The van der Waals surface area contributed by atoms with Crippen LogP contribution < -0.4 is 15.1 Å². The van der Waals surface area contributed by atoms with Gasteiger partial charge in [-0.25, -0.2) is 0 Å². The minimum atomic E-state index is -0.380. The van der Waals surface area contributed by atoms with E-state index in [0.29, 0.717) is 13.0 Å². The lowest BCUT2D eigenvalue weighted by Gasteiger charge is -2.49. The monoisotopic (exact) mass is 406 g/mol. The molecule has 1 N–H and O–H groups in total. The van der Waals surface area contributed by atoms with Crippen LogP contribution in [0, 0.1) is 23.0 Å². The number of benzene rings is 2. The van der Waals surface area contributed by atoms with Crippen molar-refractivity contribution in [2.45, 2.75) is 19.4 Å². The Labute approximate surface area is 176 Å². The Balaban J connectivity index is 1.67. The van der Waals surface area contributed by atoms with Gasteiger partial charge in [0.2, 0.25) is 5.91 Å². The van der Waals surface area contributed by atoms with E-state index >= 15 is 0 Å². The molecule has 0 unspecified atom stereocenters. The van der Waals surface area contributed by atoms with Gasteiger partial charge in [0.25, 0.3) is 5.69 Å². The number of nitro groups is 1. The van der Waals surface area contributed by atoms with Gasteiger partial charge in [0.05, 0.1) is 16.9 Å². The van der Waals surface area contributed by atoms with Gasteiger partial charge in [-0.05, 0) is 37.1 Å². The van der Waals surface area contributed by atoms with Gasteiger partial charge >= 0.3 is 0 Å². The molecule has 2 aliphatic rings. The number of nitro benzene ring substituents is 1. The van der Waals surface area contributed by atoms with E-state index in [0.717, 1.165) is 36.6 Å². The molecule has 0 spiro atoms. The number of carbonyl (C=O) groups is 1. The zero-order valence-corrected chi connectivity index (χ0v) is 17.1. The number of rotatable bonds is 5. The topological polar surface area (TPSA) is 78.7 Å². The maximum Gasteiger partial charge on any atom is 0.269 e. The summed E-state index contributed by atoms with van der Waals surface area (Å²) in [7, 11) is 0. The molecule has 1 amide bonds. The summed E-state index contributed by atoms with van der Waals surface area (Å²) in [5.74, 6) is -0.319. The maximum absolute atomic E-state index is 13.0. The van der Waals surface area contributed by atoms with Crippen LogP contribution in [0.5, 0.6) is 0 Å². The number of hydrogen-bond acceptors (Lipinski definition) is 5. The van der Waals surface area contributed by atoms with Gasteiger partial charge in [-0.1, -0.05) is 23.8 Å². The van der Waals surface area contributed by atoms with Crippen LogP contribution in [0.2, 0.25) is 0 Å². The van der Waals surface area contributed by atoms with Gasteiger partial charge in [0.1, 0.15) is 0 Å². The fourth-order valence-corrected chi connectivity index (χ4v) is 4.52. The molecule has 2 atom stereocenters. The maximum atomic E-state index is 13.0. The fraction of sp³-hybridized carbons (Fsp3) is 0.348. The summed E-state index contributed by atoms with van der Waals surface area (Å²) in [6.07, 6.45) is 2.15. The van der Waals surface area contributed by atoms with Gasteiger partial charge in [-0.2, -0.15) is 0 Å². The molecule has 0 radical (unpaired) electrons. The molecule has 2 aromatic carbocycles. The van der Waals surface area contributed by atoms with Crippen molar-refractivity contribution in [2.75, 3.05) is 36.0 Å². The molecule has 1 saturated heterocycles. The summed E-state index contributed by atoms with van der Waals surface area (Å²) in [6.45, 7) is 8.47. The Bertz CT molecular complexity index is 973. The number of non-ortho nitro benzene ring substituents is 1. The van der Waals surface area contributed by atoms with Crippen LogP contribution in [-0.4, -0.2) is 43.1 Å². The first kappa shape index (κ1) is 19.9. The van der Waals surface area contributed by atoms with Crippen molar-refractivity contribution in [3.8, 4) is 0 Å². The first-order chi connectivity index (χ1) is 14.5. The Morgan fingerprint density at radius 2 is 2.03 bits per heavy atom. The third-order valence-corrected chi connectivity index (χ3v) is 6.06. The molecule has 0 aromatic heterocycles. The first-order valence-corrected chi connectivity index (χ1v) is 10.2. The van der Waals surface area contributed by atoms with Crippen molar-refractivity contribution < 1.29 is 9.72 Å². The number of carbonyl (C=O) groups excluding carboxylic acids is 1. The number of aryl methyl sites for hydroxylation is 1. The molecule has 1 fully saturated rings. The second-order valence-electron chi connectivity index (χ2n) is 7.96. The van der Waals surface area contributed by atoms with E-state index < -0.39 is 0 Å². The molecule has 7 nitrogen and oxygen atoms in total. The number of amides is 1. The molecule has 2 heterocycles. The Hall–Kier alpha value is -3.35. The Kier molecular flexibility index (Phi) is 5.44. The van der Waals surface area contributed by atoms with Gasteiger partial charge in [-0.3, -0.25) is 14.9 Å². The molecule has 0 saturated carbocycles. The zero-order chi connectivity index (χ0) is 21.3. The van der Waals surface area contributed by atoms with Crippen LogP contribution in [0.4, 0.5) is 17.1 Å². The SMILES string of the molecule is C=CCNC(=O)[C@@H]1Cc2cc([N+](=O)[O-])ccc2N2CCN(c3ccc(C)cc3)C[C@H]12. The molecule has 2 aromatic rings. The minimum Gasteiger partial charge on any atom is -0.368 e. The Morgan fingerprint density at radius 1 is 1.27 bits per heavy atom. The molecule has 7 heteroatoms. The van der Waals surface area contributed by atoms with Crippen molar-refractivity contribution in [1.29, 1.82) is 0 Å². The van der Waals surface area contributed by atoms with E-state index in [1.807, 2.05) is 6.07 Å². The molecule has 4 rings (SSSR count). The second kappa shape index (κ2) is 8.18. The molecule has 30 heavy (non-hydrogen) atoms. The third-order valence-electron chi connectivity index (χ3n) is 6.06. The average molecular weight is 406 g/mol. The molecule has 0 aliphatic carbocycles. The predicted octanol–water partition coefficient (Wildman–Crippen LogP) is 3.07. The van der Waals surface area contributed by atoms with Crippen LogP contribution >= 0.6 is 0 Å². The lowest BCUT2D eigenvalue weighted by atomic mass is 9.83. The standard InChI is InChI=1S/C23H26N4O3/c1-3-10-24-23(28)20-14-17-13-19(27(29)30)8-9-21(17)26-12-11-25(15-22(20)26)18-6-4-16(2)5-7-18/h3-9,13,20,22H,1,10-12,14-15H2,2H3,(H,24,28)/t20-,22-/m1/s1. The summed E-state index contributed by atoms with van der Waals surface area (Å²) < 4.78 is 0. The quantitative estimate of drug-likeness (QED) is 0.469. The summed E-state index contributed by atoms with van der Waals surface area (Å²) >= 11 is 0. The first-order valence-electron chi connectivity index (χ1n) is 10.2. The molecule has 156 valence electrons. The van der Waals surface area contributed by atoms with Crippen LogP contribution in [0.3, 0.4) is 0 Å². The van der Waals surface area contributed by atoms with Gasteiger partial charge in [0, 0.05) is 49.7 Å². The average Bonchev–Trinajstić information content (AvgIpc) is 2.76. The predicted molar refractivity (Wildman–Crippen MR) is 118 cm³/mol. The normalized spacial score (nSPS) is 20.2. The number of fused-ring (bicyclic) bond motifs is 3. The highest BCUT2D eigenvalue weighted by atomic mass is 16.6. The highest BCUT2D eigenvalue weighted by molar-refractivity contribution is 5.82. The molecular weight excluding hydrogens is 380 g/mol. The van der Waals surface area contributed by atoms with E-state index in [4.69, 9.17) is 0 Å². The molecule has 0 bridgehead atoms. The number of nitrogens with zero attached hydrogens (tertiary/aromatic N) is 3. The van der Waals surface area contributed by atoms with Crippen molar-refractivity contribution in [1.82, 2.24) is 5.32 Å². The van der Waals surface area contributed by atoms with Crippen LogP contribution in [0.1, 0.15) is 11.1 Å². The highest BCUT2D eigenvalue weighted by Crippen LogP contribution is 2.38. The summed E-state index contributed by atoms with van der Waals surface area (Å²) in [5.41, 5.74) is 4.30. The van der Waals surface area contributed by atoms with Crippen molar-refractivity contribution in [3.63, 3.8) is 0 Å². The summed E-state index contributed by atoms with van der Waals surface area (Å²) in [4.78, 5) is 28.4. The lowest BCUT2D eigenvalue weighted by molar-refractivity contribution is -0.384. The van der Waals surface area contributed by atoms with Gasteiger partial charge in [0.15, 0.2) is 0 Å². The summed E-state index contributed by atoms with van der Waals surface area (Å²) in [6, 6.07) is 13.5. The largest absolute Gasteiger partial charge is 0.368 e. The van der Waals surface area contributed by atoms with Crippen molar-refractivity contribution in [3.05, 3.63) is 76.4 Å². The number of anilines is 2. The van der Waals surface area contributed by atoms with E-state index in [9.17, 15) is 14.9 Å². The smallest absolute Gasteiger partial charge is 0.269 e. The van der Waals surface area contributed by atoms with Gasteiger partial charge < -0.3 is 15.1 Å². The minimum absolute atomic E-state index is 0.00109. The molecule has 2 aliphatic heterocycles. The van der Waals surface area contributed by atoms with Gasteiger partial charge in [-0.15, -0.1) is 6.58 Å². The zero-order valence-electron chi connectivity index (χ0n) is 17.1.